The standard InChI is InChI=1S/C23H24N4O5S/c28-23(19-15-24-26(17-19)16-18-4-2-1-3-5-18)25-8-10-27(11-9-25)33(29,30)20-6-7-21-22(14-20)32-13-12-31-21/h1-7,14-15,17H,8-13,16H2. The van der Waals surface area contributed by atoms with Crippen LogP contribution in [0.4, 0.5) is 0 Å². The lowest BCUT2D eigenvalue weighted by molar-refractivity contribution is 0.0697. The first-order valence-electron chi connectivity index (χ1n) is 10.8. The number of ether oxygens (including phenoxy) is 2. The van der Waals surface area contributed by atoms with Crippen LogP contribution >= 0.6 is 0 Å². The number of benzene rings is 2. The average Bonchev–Trinajstić information content (AvgIpc) is 3.32. The van der Waals surface area contributed by atoms with E-state index < -0.39 is 10.0 Å². The maximum absolute atomic E-state index is 13.1. The van der Waals surface area contributed by atoms with Crippen molar-refractivity contribution in [3.8, 4) is 11.5 Å². The minimum atomic E-state index is -3.70. The molecule has 0 N–H and O–H groups in total. The summed E-state index contributed by atoms with van der Waals surface area (Å²) in [6.07, 6.45) is 3.29. The van der Waals surface area contributed by atoms with Gasteiger partial charge in [0.05, 0.1) is 23.2 Å². The zero-order chi connectivity index (χ0) is 22.8. The van der Waals surface area contributed by atoms with Crippen LogP contribution in [0.3, 0.4) is 0 Å². The van der Waals surface area contributed by atoms with Crippen LogP contribution in [0.25, 0.3) is 0 Å². The number of carbonyl (C=O) groups is 1. The lowest BCUT2D eigenvalue weighted by Gasteiger charge is -2.34. The third kappa shape index (κ3) is 4.44. The average molecular weight is 469 g/mol. The van der Waals surface area contributed by atoms with Gasteiger partial charge in [-0.3, -0.25) is 9.48 Å². The topological polar surface area (TPSA) is 94.0 Å². The first-order valence-corrected chi connectivity index (χ1v) is 12.2. The van der Waals surface area contributed by atoms with Gasteiger partial charge in [0.25, 0.3) is 5.91 Å². The molecular weight excluding hydrogens is 444 g/mol. The van der Waals surface area contributed by atoms with Gasteiger partial charge in [-0.25, -0.2) is 8.42 Å². The van der Waals surface area contributed by atoms with Crippen molar-refractivity contribution in [2.24, 2.45) is 0 Å². The molecule has 2 aromatic carbocycles. The van der Waals surface area contributed by atoms with Crippen molar-refractivity contribution in [1.29, 1.82) is 0 Å². The van der Waals surface area contributed by atoms with Crippen LogP contribution in [0, 0.1) is 0 Å². The molecule has 1 amide bonds. The Morgan fingerprint density at radius 2 is 1.67 bits per heavy atom. The van der Waals surface area contributed by atoms with E-state index in [1.807, 2.05) is 30.3 Å². The van der Waals surface area contributed by atoms with Gasteiger partial charge in [0, 0.05) is 38.4 Å². The summed E-state index contributed by atoms with van der Waals surface area (Å²) in [5.41, 5.74) is 1.59. The van der Waals surface area contributed by atoms with Crippen LogP contribution in [0.15, 0.2) is 65.8 Å². The van der Waals surface area contributed by atoms with Gasteiger partial charge in [0.1, 0.15) is 13.2 Å². The summed E-state index contributed by atoms with van der Waals surface area (Å²) >= 11 is 0. The normalized spacial score (nSPS) is 16.5. The highest BCUT2D eigenvalue weighted by Crippen LogP contribution is 2.33. The summed E-state index contributed by atoms with van der Waals surface area (Å²) in [4.78, 5) is 14.8. The van der Waals surface area contributed by atoms with E-state index in [1.165, 1.54) is 16.4 Å². The quantitative estimate of drug-likeness (QED) is 0.567. The second-order valence-electron chi connectivity index (χ2n) is 7.91. The van der Waals surface area contributed by atoms with Gasteiger partial charge in [-0.2, -0.15) is 9.40 Å². The Hall–Kier alpha value is -3.37. The Morgan fingerprint density at radius 1 is 0.939 bits per heavy atom. The fourth-order valence-electron chi connectivity index (χ4n) is 3.98. The molecular formula is C23H24N4O5S. The molecule has 2 aliphatic heterocycles. The third-order valence-electron chi connectivity index (χ3n) is 5.74. The smallest absolute Gasteiger partial charge is 0.257 e. The van der Waals surface area contributed by atoms with Crippen molar-refractivity contribution < 1.29 is 22.7 Å². The minimum Gasteiger partial charge on any atom is -0.486 e. The van der Waals surface area contributed by atoms with E-state index in [2.05, 4.69) is 5.10 Å². The molecule has 1 fully saturated rings. The Morgan fingerprint density at radius 3 is 2.42 bits per heavy atom. The highest BCUT2D eigenvalue weighted by atomic mass is 32.2. The van der Waals surface area contributed by atoms with Crippen molar-refractivity contribution in [3.63, 3.8) is 0 Å². The second kappa shape index (κ2) is 8.87. The monoisotopic (exact) mass is 468 g/mol. The van der Waals surface area contributed by atoms with Crippen molar-refractivity contribution >= 4 is 15.9 Å². The lowest BCUT2D eigenvalue weighted by atomic mass is 10.2. The molecule has 0 spiro atoms. The van der Waals surface area contributed by atoms with Gasteiger partial charge in [0.2, 0.25) is 10.0 Å². The summed E-state index contributed by atoms with van der Waals surface area (Å²) in [6, 6.07) is 14.5. The van der Waals surface area contributed by atoms with Gasteiger partial charge in [-0.15, -0.1) is 0 Å². The number of hydrogen-bond acceptors (Lipinski definition) is 6. The fourth-order valence-corrected chi connectivity index (χ4v) is 5.42. The van der Waals surface area contributed by atoms with E-state index in [0.717, 1.165) is 5.56 Å². The van der Waals surface area contributed by atoms with Crippen molar-refractivity contribution in [2.75, 3.05) is 39.4 Å². The van der Waals surface area contributed by atoms with Crippen LogP contribution in [-0.2, 0) is 16.6 Å². The number of sulfonamides is 1. The maximum atomic E-state index is 13.1. The molecule has 5 rings (SSSR count). The van der Waals surface area contributed by atoms with Gasteiger partial charge in [-0.1, -0.05) is 30.3 Å². The zero-order valence-electron chi connectivity index (χ0n) is 18.0. The molecule has 33 heavy (non-hydrogen) atoms. The highest BCUT2D eigenvalue weighted by Gasteiger charge is 2.31. The summed E-state index contributed by atoms with van der Waals surface area (Å²) in [5, 5.41) is 4.30. The van der Waals surface area contributed by atoms with Gasteiger partial charge in [0.15, 0.2) is 11.5 Å². The summed E-state index contributed by atoms with van der Waals surface area (Å²) in [7, 11) is -3.70. The third-order valence-corrected chi connectivity index (χ3v) is 7.64. The molecule has 0 unspecified atom stereocenters. The molecule has 1 saturated heterocycles. The predicted octanol–water partition coefficient (Wildman–Crippen LogP) is 1.85. The molecule has 0 bridgehead atoms. The molecule has 172 valence electrons. The molecule has 3 aromatic rings. The molecule has 9 nitrogen and oxygen atoms in total. The van der Waals surface area contributed by atoms with Crippen LogP contribution in [-0.4, -0.2) is 72.7 Å². The number of amides is 1. The van der Waals surface area contributed by atoms with Crippen LogP contribution in [0.2, 0.25) is 0 Å². The maximum Gasteiger partial charge on any atom is 0.257 e. The number of carbonyl (C=O) groups excluding carboxylic acids is 1. The predicted molar refractivity (Wildman–Crippen MR) is 120 cm³/mol. The molecule has 0 atom stereocenters. The molecule has 2 aliphatic rings. The van der Waals surface area contributed by atoms with Gasteiger partial charge >= 0.3 is 0 Å². The largest absolute Gasteiger partial charge is 0.486 e. The summed E-state index contributed by atoms with van der Waals surface area (Å²) < 4.78 is 40.3. The Kier molecular flexibility index (Phi) is 5.77. The van der Waals surface area contributed by atoms with Crippen LogP contribution in [0.1, 0.15) is 15.9 Å². The fraction of sp³-hybridized carbons (Fsp3) is 0.304. The zero-order valence-corrected chi connectivity index (χ0v) is 18.8. The minimum absolute atomic E-state index is 0.148. The van der Waals surface area contributed by atoms with Gasteiger partial charge in [-0.05, 0) is 17.7 Å². The number of rotatable bonds is 5. The molecule has 0 radical (unpaired) electrons. The van der Waals surface area contributed by atoms with E-state index >= 15 is 0 Å². The van der Waals surface area contributed by atoms with Crippen molar-refractivity contribution in [2.45, 2.75) is 11.4 Å². The number of fused-ring (bicyclic) bond motifs is 1. The number of nitrogens with zero attached hydrogens (tertiary/aromatic N) is 4. The van der Waals surface area contributed by atoms with Crippen molar-refractivity contribution in [3.05, 3.63) is 72.1 Å². The Bertz CT molecular complexity index is 1250. The molecule has 0 aliphatic carbocycles. The second-order valence-corrected chi connectivity index (χ2v) is 9.85. The van der Waals surface area contributed by atoms with Gasteiger partial charge < -0.3 is 14.4 Å². The van der Waals surface area contributed by atoms with E-state index in [4.69, 9.17) is 9.47 Å². The summed E-state index contributed by atoms with van der Waals surface area (Å²) in [5.74, 6) is 0.831. The lowest BCUT2D eigenvalue weighted by Crippen LogP contribution is -2.50. The van der Waals surface area contributed by atoms with E-state index in [-0.39, 0.29) is 23.9 Å². The Labute approximate surface area is 192 Å². The van der Waals surface area contributed by atoms with Crippen LogP contribution in [0.5, 0.6) is 11.5 Å². The first kappa shape index (κ1) is 21.5. The Balaban J connectivity index is 1.22. The van der Waals surface area contributed by atoms with E-state index in [0.29, 0.717) is 49.9 Å². The van der Waals surface area contributed by atoms with E-state index in [1.54, 1.807) is 28.0 Å². The number of aromatic nitrogens is 2. The first-order chi connectivity index (χ1) is 16.0. The molecule has 3 heterocycles. The van der Waals surface area contributed by atoms with Crippen LogP contribution < -0.4 is 9.47 Å². The molecule has 0 saturated carbocycles. The molecule has 1 aromatic heterocycles. The molecule has 10 heteroatoms. The number of hydrogen-bond donors (Lipinski definition) is 0. The van der Waals surface area contributed by atoms with Crippen molar-refractivity contribution in [1.82, 2.24) is 19.0 Å². The van der Waals surface area contributed by atoms with E-state index in [9.17, 15) is 13.2 Å². The summed E-state index contributed by atoms with van der Waals surface area (Å²) in [6.45, 7) is 2.48. The highest BCUT2D eigenvalue weighted by molar-refractivity contribution is 7.89. The number of piperazine rings is 1. The SMILES string of the molecule is O=C(c1cnn(Cc2ccccc2)c1)N1CCN(S(=O)(=O)c2ccc3c(c2)OCCO3)CC1.